The molecule has 1 atom stereocenters. The van der Waals surface area contributed by atoms with Crippen molar-refractivity contribution in [1.29, 1.82) is 0 Å². The van der Waals surface area contributed by atoms with Crippen LogP contribution in [0.4, 0.5) is 0 Å². The molecule has 150 valence electrons. The highest BCUT2D eigenvalue weighted by molar-refractivity contribution is 5.84. The van der Waals surface area contributed by atoms with Gasteiger partial charge in [0.05, 0.1) is 6.04 Å². The summed E-state index contributed by atoms with van der Waals surface area (Å²) in [5.41, 5.74) is 1.07. The molecule has 4 nitrogen and oxygen atoms in total. The Morgan fingerprint density at radius 2 is 1.57 bits per heavy atom. The van der Waals surface area contributed by atoms with Crippen molar-refractivity contribution in [2.75, 3.05) is 6.54 Å². The fourth-order valence-electron chi connectivity index (χ4n) is 6.67. The zero-order valence-corrected chi connectivity index (χ0v) is 16.7. The predicted octanol–water partition coefficient (Wildman–Crippen LogP) is 3.98. The van der Waals surface area contributed by atoms with Crippen LogP contribution in [0.3, 0.4) is 0 Å². The molecule has 1 unspecified atom stereocenters. The van der Waals surface area contributed by atoms with Gasteiger partial charge in [-0.3, -0.25) is 9.59 Å². The molecule has 4 bridgehead atoms. The maximum Gasteiger partial charge on any atom is 0.226 e. The second-order valence-corrected chi connectivity index (χ2v) is 10.00. The average molecular weight is 381 g/mol. The number of rotatable bonds is 7. The second kappa shape index (κ2) is 7.20. The molecule has 6 rings (SSSR count). The van der Waals surface area contributed by atoms with E-state index >= 15 is 0 Å². The Morgan fingerprint density at radius 3 is 2.14 bits per heavy atom. The first-order valence-corrected chi connectivity index (χ1v) is 11.2. The van der Waals surface area contributed by atoms with Gasteiger partial charge in [0.25, 0.3) is 0 Å². The Labute approximate surface area is 167 Å². The monoisotopic (exact) mass is 380 g/mol. The minimum absolute atomic E-state index is 0.0477. The van der Waals surface area contributed by atoms with Crippen molar-refractivity contribution in [1.82, 2.24) is 10.6 Å². The van der Waals surface area contributed by atoms with E-state index in [-0.39, 0.29) is 23.3 Å². The van der Waals surface area contributed by atoms with Gasteiger partial charge in [-0.2, -0.15) is 0 Å². The first-order valence-electron chi connectivity index (χ1n) is 11.2. The van der Waals surface area contributed by atoms with Crippen molar-refractivity contribution >= 4 is 11.8 Å². The van der Waals surface area contributed by atoms with Gasteiger partial charge >= 0.3 is 0 Å². The van der Waals surface area contributed by atoms with E-state index in [9.17, 15) is 9.59 Å². The lowest BCUT2D eigenvalue weighted by Crippen LogP contribution is -2.53. The normalized spacial score (nSPS) is 34.1. The average Bonchev–Trinajstić information content (AvgIpc) is 3.51. The highest BCUT2D eigenvalue weighted by atomic mass is 16.2. The molecule has 0 heterocycles. The van der Waals surface area contributed by atoms with Crippen LogP contribution in [0.5, 0.6) is 0 Å². The summed E-state index contributed by atoms with van der Waals surface area (Å²) in [6.45, 7) is 0.457. The van der Waals surface area contributed by atoms with Gasteiger partial charge in [-0.1, -0.05) is 30.3 Å². The van der Waals surface area contributed by atoms with Crippen LogP contribution in [-0.4, -0.2) is 18.4 Å². The highest BCUT2D eigenvalue weighted by Crippen LogP contribution is 2.60. The Hall–Kier alpha value is -1.84. The quantitative estimate of drug-likeness (QED) is 0.752. The van der Waals surface area contributed by atoms with Crippen molar-refractivity contribution in [3.8, 4) is 0 Å². The molecule has 0 radical (unpaired) electrons. The van der Waals surface area contributed by atoms with E-state index in [2.05, 4.69) is 22.8 Å². The third kappa shape index (κ3) is 3.58. The van der Waals surface area contributed by atoms with E-state index in [1.807, 2.05) is 18.2 Å². The summed E-state index contributed by atoms with van der Waals surface area (Å²) in [6.07, 6.45) is 10.0. The molecule has 5 aliphatic carbocycles. The van der Waals surface area contributed by atoms with Crippen LogP contribution in [0, 0.1) is 29.1 Å². The molecule has 1 aromatic rings. The molecule has 0 spiro atoms. The molecule has 5 fully saturated rings. The zero-order chi connectivity index (χ0) is 19.1. The van der Waals surface area contributed by atoms with E-state index in [1.165, 1.54) is 37.7 Å². The number of nitrogens with one attached hydrogen (secondary N) is 2. The minimum atomic E-state index is -0.119. The molecule has 2 amide bonds. The number of carbonyl (C=O) groups is 2. The van der Waals surface area contributed by atoms with E-state index in [4.69, 9.17) is 0 Å². The van der Waals surface area contributed by atoms with Crippen LogP contribution in [0.25, 0.3) is 0 Å². The maximum absolute atomic E-state index is 13.0. The summed E-state index contributed by atoms with van der Waals surface area (Å²) in [5.74, 6) is 3.14. The van der Waals surface area contributed by atoms with Crippen LogP contribution in [0.1, 0.15) is 69.4 Å². The molecule has 5 aliphatic rings. The molecule has 0 aliphatic heterocycles. The van der Waals surface area contributed by atoms with Crippen molar-refractivity contribution in [2.45, 2.75) is 63.8 Å². The molecule has 1 aromatic carbocycles. The Morgan fingerprint density at radius 1 is 0.964 bits per heavy atom. The summed E-state index contributed by atoms with van der Waals surface area (Å²) in [5, 5.41) is 6.34. The standard InChI is InChI=1S/C24H32N2O2/c27-21(26-22(20-6-7-20)19-4-2-1-3-5-19)8-9-25-23(28)24-13-16-10-17(14-24)12-18(11-16)15-24/h1-5,16-18,20,22H,6-15H2,(H,25,28)(H,26,27). The lowest BCUT2D eigenvalue weighted by atomic mass is 9.49. The number of hydrogen-bond donors (Lipinski definition) is 2. The molecule has 5 saturated carbocycles. The van der Waals surface area contributed by atoms with Gasteiger partial charge in [-0.25, -0.2) is 0 Å². The van der Waals surface area contributed by atoms with Gasteiger partial charge in [-0.05, 0) is 80.6 Å². The molecule has 4 heteroatoms. The molecule has 0 aromatic heterocycles. The third-order valence-electron chi connectivity index (χ3n) is 7.73. The molecular formula is C24H32N2O2. The number of carbonyl (C=O) groups excluding carboxylic acids is 2. The fourth-order valence-corrected chi connectivity index (χ4v) is 6.67. The van der Waals surface area contributed by atoms with E-state index in [1.54, 1.807) is 0 Å². The zero-order valence-electron chi connectivity index (χ0n) is 16.7. The first-order chi connectivity index (χ1) is 13.6. The van der Waals surface area contributed by atoms with E-state index in [0.717, 1.165) is 37.0 Å². The molecule has 2 N–H and O–H groups in total. The lowest BCUT2D eigenvalue weighted by molar-refractivity contribution is -0.146. The van der Waals surface area contributed by atoms with Gasteiger partial charge in [0.15, 0.2) is 0 Å². The highest BCUT2D eigenvalue weighted by Gasteiger charge is 2.54. The van der Waals surface area contributed by atoms with Crippen LogP contribution in [-0.2, 0) is 9.59 Å². The van der Waals surface area contributed by atoms with Crippen LogP contribution in [0.2, 0.25) is 0 Å². The second-order valence-electron chi connectivity index (χ2n) is 10.00. The predicted molar refractivity (Wildman–Crippen MR) is 108 cm³/mol. The van der Waals surface area contributed by atoms with Gasteiger partial charge in [0.2, 0.25) is 11.8 Å². The lowest BCUT2D eigenvalue weighted by Gasteiger charge is -2.55. The molecular weight excluding hydrogens is 348 g/mol. The number of benzene rings is 1. The van der Waals surface area contributed by atoms with Crippen LogP contribution in [0.15, 0.2) is 30.3 Å². The van der Waals surface area contributed by atoms with Crippen LogP contribution >= 0.6 is 0 Å². The van der Waals surface area contributed by atoms with Crippen molar-refractivity contribution in [3.05, 3.63) is 35.9 Å². The third-order valence-corrected chi connectivity index (χ3v) is 7.73. The summed E-state index contributed by atoms with van der Waals surface area (Å²) < 4.78 is 0. The topological polar surface area (TPSA) is 58.2 Å². The molecule has 28 heavy (non-hydrogen) atoms. The number of hydrogen-bond acceptors (Lipinski definition) is 2. The van der Waals surface area contributed by atoms with E-state index < -0.39 is 0 Å². The van der Waals surface area contributed by atoms with Gasteiger partial charge in [0.1, 0.15) is 0 Å². The Balaban J connectivity index is 1.13. The molecule has 0 saturated heterocycles. The Kier molecular flexibility index (Phi) is 4.68. The summed E-state index contributed by atoms with van der Waals surface area (Å²) in [4.78, 5) is 25.5. The summed E-state index contributed by atoms with van der Waals surface area (Å²) in [6, 6.07) is 10.4. The van der Waals surface area contributed by atoms with Gasteiger partial charge < -0.3 is 10.6 Å². The number of amides is 2. The SMILES string of the molecule is O=C(CCNC(=O)C12CC3CC(CC(C3)C1)C2)NC(c1ccccc1)C1CC1. The fraction of sp³-hybridized carbons (Fsp3) is 0.667. The van der Waals surface area contributed by atoms with Crippen molar-refractivity contribution in [3.63, 3.8) is 0 Å². The van der Waals surface area contributed by atoms with Crippen molar-refractivity contribution < 1.29 is 9.59 Å². The first kappa shape index (κ1) is 18.2. The maximum atomic E-state index is 13.0. The van der Waals surface area contributed by atoms with Crippen LogP contribution < -0.4 is 10.6 Å². The Bertz CT molecular complexity index is 705. The smallest absolute Gasteiger partial charge is 0.226 e. The van der Waals surface area contributed by atoms with Crippen molar-refractivity contribution in [2.24, 2.45) is 29.1 Å². The summed E-state index contributed by atoms with van der Waals surface area (Å²) >= 11 is 0. The van der Waals surface area contributed by atoms with Gasteiger partial charge in [0, 0.05) is 18.4 Å². The largest absolute Gasteiger partial charge is 0.355 e. The minimum Gasteiger partial charge on any atom is -0.355 e. The van der Waals surface area contributed by atoms with Gasteiger partial charge in [-0.15, -0.1) is 0 Å². The summed E-state index contributed by atoms with van der Waals surface area (Å²) in [7, 11) is 0. The van der Waals surface area contributed by atoms with E-state index in [0.29, 0.717) is 18.9 Å².